The van der Waals surface area contributed by atoms with Gasteiger partial charge in [0.15, 0.2) is 0 Å². The van der Waals surface area contributed by atoms with Crippen molar-refractivity contribution in [2.24, 2.45) is 0 Å². The molecule has 1 N–H and O–H groups in total. The van der Waals surface area contributed by atoms with Crippen LogP contribution in [0, 0.1) is 19.7 Å². The molecule has 1 atom stereocenters. The third-order valence-corrected chi connectivity index (χ3v) is 4.06. The molecule has 0 saturated heterocycles. The van der Waals surface area contributed by atoms with Crippen LogP contribution in [0.5, 0.6) is 0 Å². The van der Waals surface area contributed by atoms with E-state index in [9.17, 15) is 4.39 Å². The van der Waals surface area contributed by atoms with E-state index < -0.39 is 0 Å². The van der Waals surface area contributed by atoms with Gasteiger partial charge in [0.25, 0.3) is 0 Å². The van der Waals surface area contributed by atoms with Crippen LogP contribution < -0.4 is 5.32 Å². The van der Waals surface area contributed by atoms with Crippen LogP contribution in [0.3, 0.4) is 0 Å². The van der Waals surface area contributed by atoms with Gasteiger partial charge in [0.05, 0.1) is 6.04 Å². The summed E-state index contributed by atoms with van der Waals surface area (Å²) in [7, 11) is 0. The number of aryl methyl sites for hydroxylation is 1. The summed E-state index contributed by atoms with van der Waals surface area (Å²) in [6.45, 7) is 7.07. The zero-order chi connectivity index (χ0) is 15.4. The normalized spacial score (nSPS) is 12.4. The zero-order valence-corrected chi connectivity index (χ0v) is 13.5. The lowest BCUT2D eigenvalue weighted by Crippen LogP contribution is -2.25. The molecular formula is C18H21ClFN. The Morgan fingerprint density at radius 1 is 1.14 bits per heavy atom. The minimum absolute atomic E-state index is 0.177. The minimum atomic E-state index is -0.228. The Balaban J connectivity index is 2.52. The predicted molar refractivity (Wildman–Crippen MR) is 87.5 cm³/mol. The van der Waals surface area contributed by atoms with Crippen LogP contribution in [0.2, 0.25) is 5.02 Å². The van der Waals surface area contributed by atoms with E-state index in [1.807, 2.05) is 6.07 Å². The number of rotatable bonds is 5. The molecule has 0 saturated carbocycles. The van der Waals surface area contributed by atoms with Gasteiger partial charge < -0.3 is 5.32 Å². The van der Waals surface area contributed by atoms with Crippen molar-refractivity contribution in [3.63, 3.8) is 0 Å². The fourth-order valence-corrected chi connectivity index (χ4v) is 2.68. The van der Waals surface area contributed by atoms with E-state index in [1.54, 1.807) is 12.1 Å². The van der Waals surface area contributed by atoms with Crippen LogP contribution in [0.1, 0.15) is 41.6 Å². The minimum Gasteiger partial charge on any atom is -0.306 e. The van der Waals surface area contributed by atoms with Crippen molar-refractivity contribution in [3.8, 4) is 0 Å². The molecule has 0 aromatic heterocycles. The van der Waals surface area contributed by atoms with Gasteiger partial charge in [-0.1, -0.05) is 36.7 Å². The number of benzene rings is 2. The SMILES string of the molecule is CCCNC(c1cc(Cl)ccc1F)c1cccc(C)c1C. The molecule has 1 unspecified atom stereocenters. The summed E-state index contributed by atoms with van der Waals surface area (Å²) in [5.74, 6) is -0.228. The molecular weight excluding hydrogens is 285 g/mol. The molecule has 0 bridgehead atoms. The van der Waals surface area contributed by atoms with Crippen LogP contribution in [0.15, 0.2) is 36.4 Å². The summed E-state index contributed by atoms with van der Waals surface area (Å²) in [6.07, 6.45) is 0.990. The predicted octanol–water partition coefficient (Wildman–Crippen LogP) is 5.18. The lowest BCUT2D eigenvalue weighted by molar-refractivity contribution is 0.545. The summed E-state index contributed by atoms with van der Waals surface area (Å²) in [6, 6.07) is 10.7. The van der Waals surface area contributed by atoms with Crippen LogP contribution in [-0.2, 0) is 0 Å². The Kier molecular flexibility index (Phi) is 5.38. The summed E-state index contributed by atoms with van der Waals surface area (Å²) < 4.78 is 14.3. The van der Waals surface area contributed by atoms with Crippen molar-refractivity contribution < 1.29 is 4.39 Å². The topological polar surface area (TPSA) is 12.0 Å². The highest BCUT2D eigenvalue weighted by Crippen LogP contribution is 2.30. The van der Waals surface area contributed by atoms with E-state index in [1.165, 1.54) is 17.2 Å². The Morgan fingerprint density at radius 3 is 2.62 bits per heavy atom. The van der Waals surface area contributed by atoms with E-state index in [-0.39, 0.29) is 11.9 Å². The second kappa shape index (κ2) is 7.06. The zero-order valence-electron chi connectivity index (χ0n) is 12.7. The Bertz CT molecular complexity index is 623. The highest BCUT2D eigenvalue weighted by Gasteiger charge is 2.19. The highest BCUT2D eigenvalue weighted by molar-refractivity contribution is 6.30. The molecule has 1 nitrogen and oxygen atoms in total. The Morgan fingerprint density at radius 2 is 1.90 bits per heavy atom. The molecule has 0 radical (unpaired) electrons. The molecule has 0 aliphatic rings. The first-order chi connectivity index (χ1) is 10.0. The van der Waals surface area contributed by atoms with Crippen molar-refractivity contribution in [2.75, 3.05) is 6.54 Å². The summed E-state index contributed by atoms with van der Waals surface area (Å²) in [5.41, 5.74) is 4.10. The number of nitrogens with one attached hydrogen (secondary N) is 1. The molecule has 0 aliphatic heterocycles. The molecule has 21 heavy (non-hydrogen) atoms. The molecule has 112 valence electrons. The first-order valence-electron chi connectivity index (χ1n) is 7.29. The number of hydrogen-bond donors (Lipinski definition) is 1. The number of hydrogen-bond acceptors (Lipinski definition) is 1. The maximum atomic E-state index is 14.3. The lowest BCUT2D eigenvalue weighted by Gasteiger charge is -2.23. The van der Waals surface area contributed by atoms with E-state index >= 15 is 0 Å². The van der Waals surface area contributed by atoms with Crippen molar-refractivity contribution in [1.29, 1.82) is 0 Å². The summed E-state index contributed by atoms with van der Waals surface area (Å²) in [5, 5.41) is 4.00. The average Bonchev–Trinajstić information content (AvgIpc) is 2.47. The molecule has 0 aliphatic carbocycles. The summed E-state index contributed by atoms with van der Waals surface area (Å²) in [4.78, 5) is 0. The fraction of sp³-hybridized carbons (Fsp3) is 0.333. The Hall–Kier alpha value is -1.38. The van der Waals surface area contributed by atoms with Crippen molar-refractivity contribution in [1.82, 2.24) is 5.32 Å². The maximum Gasteiger partial charge on any atom is 0.128 e. The van der Waals surface area contributed by atoms with E-state index in [4.69, 9.17) is 11.6 Å². The highest BCUT2D eigenvalue weighted by atomic mass is 35.5. The van der Waals surface area contributed by atoms with Crippen LogP contribution >= 0.6 is 11.6 Å². The van der Waals surface area contributed by atoms with Crippen molar-refractivity contribution in [2.45, 2.75) is 33.2 Å². The second-order valence-corrected chi connectivity index (χ2v) is 5.78. The number of halogens is 2. The van der Waals surface area contributed by atoms with Gasteiger partial charge in [-0.05, 0) is 61.7 Å². The van der Waals surface area contributed by atoms with Gasteiger partial charge in [-0.3, -0.25) is 0 Å². The van der Waals surface area contributed by atoms with Crippen LogP contribution in [-0.4, -0.2) is 6.54 Å². The average molecular weight is 306 g/mol. The smallest absolute Gasteiger partial charge is 0.128 e. The Labute approximate surface area is 131 Å². The van der Waals surface area contributed by atoms with Crippen molar-refractivity contribution >= 4 is 11.6 Å². The molecule has 3 heteroatoms. The van der Waals surface area contributed by atoms with Gasteiger partial charge in [-0.2, -0.15) is 0 Å². The molecule has 0 amide bonds. The first kappa shape index (κ1) is 16.0. The third-order valence-electron chi connectivity index (χ3n) is 3.83. The molecule has 0 spiro atoms. The van der Waals surface area contributed by atoms with Gasteiger partial charge in [0, 0.05) is 10.6 Å². The van der Waals surface area contributed by atoms with Gasteiger partial charge in [0.2, 0.25) is 0 Å². The van der Waals surface area contributed by atoms with Gasteiger partial charge in [-0.25, -0.2) is 4.39 Å². The second-order valence-electron chi connectivity index (χ2n) is 5.34. The standard InChI is InChI=1S/C18H21ClFN/c1-4-10-21-18(15-7-5-6-12(2)13(15)3)16-11-14(19)8-9-17(16)20/h5-9,11,18,21H,4,10H2,1-3H3. The van der Waals surface area contributed by atoms with E-state index in [0.29, 0.717) is 10.6 Å². The van der Waals surface area contributed by atoms with Crippen LogP contribution in [0.4, 0.5) is 4.39 Å². The van der Waals surface area contributed by atoms with E-state index in [2.05, 4.69) is 38.2 Å². The monoisotopic (exact) mass is 305 g/mol. The van der Waals surface area contributed by atoms with E-state index in [0.717, 1.165) is 18.5 Å². The fourth-order valence-electron chi connectivity index (χ4n) is 2.50. The van der Waals surface area contributed by atoms with Gasteiger partial charge in [0.1, 0.15) is 5.82 Å². The maximum absolute atomic E-state index is 14.3. The van der Waals surface area contributed by atoms with Crippen molar-refractivity contribution in [3.05, 3.63) is 69.5 Å². The first-order valence-corrected chi connectivity index (χ1v) is 7.66. The van der Waals surface area contributed by atoms with Crippen LogP contribution in [0.25, 0.3) is 0 Å². The third kappa shape index (κ3) is 3.63. The molecule has 2 aromatic carbocycles. The quantitative estimate of drug-likeness (QED) is 0.802. The molecule has 2 aromatic rings. The van der Waals surface area contributed by atoms with Gasteiger partial charge in [-0.15, -0.1) is 0 Å². The lowest BCUT2D eigenvalue weighted by atomic mass is 9.92. The molecule has 0 fully saturated rings. The molecule has 0 heterocycles. The van der Waals surface area contributed by atoms with Gasteiger partial charge >= 0.3 is 0 Å². The molecule has 2 rings (SSSR count). The summed E-state index contributed by atoms with van der Waals surface area (Å²) >= 11 is 6.06. The largest absolute Gasteiger partial charge is 0.306 e.